The van der Waals surface area contributed by atoms with Crippen LogP contribution in [0.5, 0.6) is 0 Å². The minimum absolute atomic E-state index is 0.409. The summed E-state index contributed by atoms with van der Waals surface area (Å²) in [7, 11) is 1.34. The molecular weight excluding hydrogens is 250 g/mol. The summed E-state index contributed by atoms with van der Waals surface area (Å²) in [6, 6.07) is 7.44. The van der Waals surface area contributed by atoms with Gasteiger partial charge in [0.2, 0.25) is 0 Å². The third-order valence-electron chi connectivity index (χ3n) is 2.59. The zero-order valence-electron chi connectivity index (χ0n) is 10.1. The van der Waals surface area contributed by atoms with Crippen LogP contribution in [0, 0.1) is 6.92 Å². The molecule has 2 aromatic rings. The molecule has 4 heteroatoms. The number of hydrogen-bond donors (Lipinski definition) is 0. The van der Waals surface area contributed by atoms with Crippen molar-refractivity contribution in [3.63, 3.8) is 0 Å². The van der Waals surface area contributed by atoms with E-state index in [2.05, 4.69) is 9.72 Å². The number of halogens is 1. The van der Waals surface area contributed by atoms with E-state index < -0.39 is 5.97 Å². The molecular formula is C14H12ClNO2. The number of aryl methyl sites for hydroxylation is 1. The smallest absolute Gasteiger partial charge is 0.339 e. The Morgan fingerprint density at radius 3 is 2.78 bits per heavy atom. The first-order valence-electron chi connectivity index (χ1n) is 5.41. The maximum atomic E-state index is 11.5. The van der Waals surface area contributed by atoms with Crippen molar-refractivity contribution >= 4 is 17.6 Å². The van der Waals surface area contributed by atoms with Crippen molar-refractivity contribution in [1.82, 2.24) is 4.98 Å². The van der Waals surface area contributed by atoms with E-state index in [1.807, 2.05) is 25.1 Å². The van der Waals surface area contributed by atoms with Crippen LogP contribution in [-0.2, 0) is 4.74 Å². The fraction of sp³-hybridized carbons (Fsp3) is 0.143. The number of carbonyl (C=O) groups excluding carboxylic acids is 1. The molecule has 3 nitrogen and oxygen atoms in total. The van der Waals surface area contributed by atoms with Gasteiger partial charge in [-0.3, -0.25) is 4.98 Å². The van der Waals surface area contributed by atoms with Gasteiger partial charge in [0.05, 0.1) is 12.7 Å². The summed E-state index contributed by atoms with van der Waals surface area (Å²) in [5.74, 6) is -0.409. The summed E-state index contributed by atoms with van der Waals surface area (Å²) >= 11 is 6.15. The lowest BCUT2D eigenvalue weighted by atomic mass is 10.0. The number of rotatable bonds is 2. The molecule has 1 aromatic carbocycles. The highest BCUT2D eigenvalue weighted by Gasteiger charge is 2.09. The quantitative estimate of drug-likeness (QED) is 0.777. The number of hydrogen-bond acceptors (Lipinski definition) is 3. The van der Waals surface area contributed by atoms with Crippen LogP contribution in [0.25, 0.3) is 11.1 Å². The van der Waals surface area contributed by atoms with E-state index in [1.54, 1.807) is 12.3 Å². The second kappa shape index (κ2) is 5.19. The van der Waals surface area contributed by atoms with Crippen LogP contribution in [0.4, 0.5) is 0 Å². The van der Waals surface area contributed by atoms with Crippen LogP contribution < -0.4 is 0 Å². The van der Waals surface area contributed by atoms with E-state index in [0.29, 0.717) is 10.6 Å². The third kappa shape index (κ3) is 2.51. The molecule has 0 aliphatic heterocycles. The largest absolute Gasteiger partial charge is 0.465 e. The van der Waals surface area contributed by atoms with Crippen molar-refractivity contribution in [1.29, 1.82) is 0 Å². The highest BCUT2D eigenvalue weighted by atomic mass is 35.5. The lowest BCUT2D eigenvalue weighted by molar-refractivity contribution is 0.0600. The second-order valence-electron chi connectivity index (χ2n) is 3.94. The van der Waals surface area contributed by atoms with Crippen LogP contribution in [-0.4, -0.2) is 18.1 Å². The van der Waals surface area contributed by atoms with Gasteiger partial charge in [-0.15, -0.1) is 0 Å². The molecule has 0 saturated carbocycles. The molecule has 0 amide bonds. The maximum Gasteiger partial charge on any atom is 0.339 e. The van der Waals surface area contributed by atoms with Crippen molar-refractivity contribution in [3.8, 4) is 11.1 Å². The molecule has 0 fully saturated rings. The van der Waals surface area contributed by atoms with Crippen LogP contribution in [0.15, 0.2) is 36.7 Å². The Hall–Kier alpha value is -1.87. The molecule has 0 aliphatic carbocycles. The van der Waals surface area contributed by atoms with Crippen molar-refractivity contribution in [3.05, 3.63) is 52.8 Å². The van der Waals surface area contributed by atoms with E-state index >= 15 is 0 Å². The summed E-state index contributed by atoms with van der Waals surface area (Å²) in [6.45, 7) is 1.98. The highest BCUT2D eigenvalue weighted by molar-refractivity contribution is 6.33. The van der Waals surface area contributed by atoms with Crippen molar-refractivity contribution in [2.45, 2.75) is 6.92 Å². The molecule has 0 atom stereocenters. The molecule has 1 aromatic heterocycles. The fourth-order valence-electron chi connectivity index (χ4n) is 1.68. The summed E-state index contributed by atoms with van der Waals surface area (Å²) in [5.41, 5.74) is 3.16. The molecule has 0 N–H and O–H groups in total. The van der Waals surface area contributed by atoms with E-state index in [1.165, 1.54) is 13.3 Å². The first-order valence-corrected chi connectivity index (χ1v) is 5.79. The zero-order valence-corrected chi connectivity index (χ0v) is 10.9. The lowest BCUT2D eigenvalue weighted by Crippen LogP contribution is -2.01. The topological polar surface area (TPSA) is 39.2 Å². The average molecular weight is 262 g/mol. The number of aromatic nitrogens is 1. The van der Waals surface area contributed by atoms with Crippen LogP contribution in [0.2, 0.25) is 5.02 Å². The summed E-state index contributed by atoms with van der Waals surface area (Å²) in [4.78, 5) is 15.5. The Morgan fingerprint density at radius 1 is 1.28 bits per heavy atom. The minimum Gasteiger partial charge on any atom is -0.465 e. The molecule has 0 aliphatic rings. The summed E-state index contributed by atoms with van der Waals surface area (Å²) in [6.07, 6.45) is 3.14. The Balaban J connectivity index is 2.51. The summed E-state index contributed by atoms with van der Waals surface area (Å²) in [5, 5.41) is 0.629. The SMILES string of the molecule is COC(=O)c1cncc(-c2cc(C)ccc2Cl)c1. The van der Waals surface area contributed by atoms with E-state index in [4.69, 9.17) is 11.6 Å². The number of esters is 1. The van der Waals surface area contributed by atoms with Gasteiger partial charge in [-0.05, 0) is 25.1 Å². The van der Waals surface area contributed by atoms with Crippen molar-refractivity contribution < 1.29 is 9.53 Å². The highest BCUT2D eigenvalue weighted by Crippen LogP contribution is 2.28. The Kier molecular flexibility index (Phi) is 3.63. The number of benzene rings is 1. The fourth-order valence-corrected chi connectivity index (χ4v) is 1.90. The standard InChI is InChI=1S/C14H12ClNO2/c1-9-3-4-13(15)12(5-9)10-6-11(8-16-7-10)14(17)18-2/h3-8H,1-2H3. The van der Waals surface area contributed by atoms with Gasteiger partial charge >= 0.3 is 5.97 Å². The van der Waals surface area contributed by atoms with Crippen molar-refractivity contribution in [2.75, 3.05) is 7.11 Å². The van der Waals surface area contributed by atoms with Crippen LogP contribution in [0.1, 0.15) is 15.9 Å². The zero-order chi connectivity index (χ0) is 13.1. The molecule has 0 bridgehead atoms. The first-order chi connectivity index (χ1) is 8.61. The molecule has 1 heterocycles. The second-order valence-corrected chi connectivity index (χ2v) is 4.34. The minimum atomic E-state index is -0.409. The molecule has 0 spiro atoms. The van der Waals surface area contributed by atoms with Gasteiger partial charge < -0.3 is 4.74 Å². The Bertz CT molecular complexity index is 596. The van der Waals surface area contributed by atoms with E-state index in [-0.39, 0.29) is 0 Å². The predicted octanol–water partition coefficient (Wildman–Crippen LogP) is 3.50. The van der Waals surface area contributed by atoms with Gasteiger partial charge in [0.25, 0.3) is 0 Å². The molecule has 0 unspecified atom stereocenters. The third-order valence-corrected chi connectivity index (χ3v) is 2.92. The molecule has 2 rings (SSSR count). The van der Waals surface area contributed by atoms with Gasteiger partial charge in [-0.1, -0.05) is 23.2 Å². The Labute approximate surface area is 110 Å². The van der Waals surface area contributed by atoms with Gasteiger partial charge in [-0.2, -0.15) is 0 Å². The number of ether oxygens (including phenoxy) is 1. The number of nitrogens with zero attached hydrogens (tertiary/aromatic N) is 1. The molecule has 92 valence electrons. The van der Waals surface area contributed by atoms with Gasteiger partial charge in [-0.25, -0.2) is 4.79 Å². The Morgan fingerprint density at radius 2 is 2.06 bits per heavy atom. The molecule has 0 radical (unpaired) electrons. The van der Waals surface area contributed by atoms with E-state index in [9.17, 15) is 4.79 Å². The van der Waals surface area contributed by atoms with E-state index in [0.717, 1.165) is 16.7 Å². The van der Waals surface area contributed by atoms with Crippen molar-refractivity contribution in [2.24, 2.45) is 0 Å². The maximum absolute atomic E-state index is 11.5. The normalized spacial score (nSPS) is 10.2. The van der Waals surface area contributed by atoms with Crippen LogP contribution in [0.3, 0.4) is 0 Å². The number of methoxy groups -OCH3 is 1. The predicted molar refractivity (Wildman–Crippen MR) is 70.8 cm³/mol. The number of pyridine rings is 1. The van der Waals surface area contributed by atoms with Gasteiger partial charge in [0.1, 0.15) is 0 Å². The monoisotopic (exact) mass is 261 g/mol. The lowest BCUT2D eigenvalue weighted by Gasteiger charge is -2.07. The average Bonchev–Trinajstić information content (AvgIpc) is 2.40. The summed E-state index contributed by atoms with van der Waals surface area (Å²) < 4.78 is 4.67. The number of carbonyl (C=O) groups is 1. The van der Waals surface area contributed by atoms with Gasteiger partial charge in [0.15, 0.2) is 0 Å². The molecule has 0 saturated heterocycles. The molecule has 18 heavy (non-hydrogen) atoms. The van der Waals surface area contributed by atoms with Crippen LogP contribution >= 0.6 is 11.6 Å². The first kappa shape index (κ1) is 12.6. The van der Waals surface area contributed by atoms with Gasteiger partial charge in [0, 0.05) is 28.5 Å².